The van der Waals surface area contributed by atoms with E-state index in [4.69, 9.17) is 0 Å². The number of aryl methyl sites for hydroxylation is 1. The zero-order valence-corrected chi connectivity index (χ0v) is 38.8. The molecule has 0 fully saturated rings. The molecule has 0 N–H and O–H groups in total. The molecule has 318 valence electrons. The van der Waals surface area contributed by atoms with Crippen molar-refractivity contribution in [1.82, 2.24) is 0 Å². The summed E-state index contributed by atoms with van der Waals surface area (Å²) in [5.74, 6) is 0. The van der Waals surface area contributed by atoms with Crippen LogP contribution < -0.4 is 4.90 Å². The van der Waals surface area contributed by atoms with Gasteiger partial charge < -0.3 is 4.90 Å². The molecule has 0 atom stereocenters. The Morgan fingerprint density at radius 3 is 1.52 bits per heavy atom. The molecule has 0 saturated carbocycles. The second-order valence-electron chi connectivity index (χ2n) is 21.7. The molecule has 1 spiro atoms. The highest BCUT2D eigenvalue weighted by molar-refractivity contribution is 6.01. The number of hydrogen-bond acceptors (Lipinski definition) is 1. The lowest BCUT2D eigenvalue weighted by Gasteiger charge is -2.42. The average Bonchev–Trinajstić information content (AvgIpc) is 3.88. The Labute approximate surface area is 385 Å². The molecule has 0 aliphatic heterocycles. The summed E-state index contributed by atoms with van der Waals surface area (Å²) in [6, 6.07) is 64.2. The Kier molecular flexibility index (Phi) is 8.13. The van der Waals surface area contributed by atoms with Gasteiger partial charge in [0.1, 0.15) is 0 Å². The average molecular weight is 840 g/mol. The Hall–Kier alpha value is -6.44. The van der Waals surface area contributed by atoms with Crippen LogP contribution in [0.1, 0.15) is 123 Å². The topological polar surface area (TPSA) is 3.24 Å². The Morgan fingerprint density at radius 2 is 0.862 bits per heavy atom. The fraction of sp³-hybridized carbons (Fsp3) is 0.250. The highest BCUT2D eigenvalue weighted by Crippen LogP contribution is 2.65. The molecule has 65 heavy (non-hydrogen) atoms. The van der Waals surface area contributed by atoms with Crippen molar-refractivity contribution in [2.75, 3.05) is 4.90 Å². The molecule has 5 aliphatic carbocycles. The van der Waals surface area contributed by atoms with E-state index in [9.17, 15) is 0 Å². The van der Waals surface area contributed by atoms with Gasteiger partial charge in [-0.15, -0.1) is 0 Å². The Balaban J connectivity index is 1.16. The Morgan fingerprint density at radius 1 is 0.354 bits per heavy atom. The first kappa shape index (κ1) is 39.0. The first-order valence-corrected chi connectivity index (χ1v) is 24.3. The first-order chi connectivity index (χ1) is 31.5. The molecule has 0 aromatic heterocycles. The molecular weight excluding hydrogens is 783 g/mol. The molecule has 0 amide bonds. The quantitative estimate of drug-likeness (QED) is 0.171. The molecule has 0 radical (unpaired) electrons. The molecule has 0 saturated heterocycles. The molecule has 1 heteroatoms. The molecule has 5 aliphatic rings. The van der Waals surface area contributed by atoms with Crippen LogP contribution in [0.25, 0.3) is 44.5 Å². The molecule has 1 nitrogen and oxygen atoms in total. The molecule has 0 bridgehead atoms. The van der Waals surface area contributed by atoms with Crippen molar-refractivity contribution in [3.8, 4) is 44.5 Å². The zero-order chi connectivity index (χ0) is 44.0. The van der Waals surface area contributed by atoms with Crippen LogP contribution in [0.15, 0.2) is 164 Å². The normalized spacial score (nSPS) is 17.8. The molecule has 13 rings (SSSR count). The summed E-state index contributed by atoms with van der Waals surface area (Å²) < 4.78 is 0. The van der Waals surface area contributed by atoms with Crippen LogP contribution in [-0.2, 0) is 34.5 Å². The minimum Gasteiger partial charge on any atom is -0.310 e. The number of fused-ring (bicyclic) bond motifs is 15. The van der Waals surface area contributed by atoms with Crippen LogP contribution in [0.2, 0.25) is 0 Å². The third kappa shape index (κ3) is 5.27. The molecular formula is C64H57N. The summed E-state index contributed by atoms with van der Waals surface area (Å²) in [4.78, 5) is 2.68. The maximum absolute atomic E-state index is 2.68. The van der Waals surface area contributed by atoms with Crippen molar-refractivity contribution in [2.45, 2.75) is 102 Å². The lowest BCUT2D eigenvalue weighted by Crippen LogP contribution is -2.34. The lowest BCUT2D eigenvalue weighted by atomic mass is 9.63. The van der Waals surface area contributed by atoms with Gasteiger partial charge in [0, 0.05) is 22.4 Å². The van der Waals surface area contributed by atoms with Gasteiger partial charge in [-0.05, 0) is 180 Å². The third-order valence-electron chi connectivity index (χ3n) is 17.0. The highest BCUT2D eigenvalue weighted by Gasteiger charge is 2.52. The molecule has 0 unspecified atom stereocenters. The lowest BCUT2D eigenvalue weighted by molar-refractivity contribution is 0.332. The van der Waals surface area contributed by atoms with Gasteiger partial charge in [-0.1, -0.05) is 169 Å². The minimum absolute atomic E-state index is 0.0519. The van der Waals surface area contributed by atoms with E-state index in [0.29, 0.717) is 0 Å². The van der Waals surface area contributed by atoms with E-state index in [1.54, 1.807) is 0 Å². The van der Waals surface area contributed by atoms with Crippen molar-refractivity contribution in [3.05, 3.63) is 219 Å². The molecule has 0 heterocycles. The SMILES string of the molecule is CC1(C)CCC(C)(C)c2cc(N(c3ccc4c(c3)C(C)(C)c3ccccc3-4)c3cc4c(cc3-c3cccc5c3CCCC5)-c3ccccc3C43c4ccccc4-c4ccccc43)ccc21. The van der Waals surface area contributed by atoms with E-state index in [2.05, 4.69) is 210 Å². The fourth-order valence-electron chi connectivity index (χ4n) is 13.5. The zero-order valence-electron chi connectivity index (χ0n) is 38.8. The van der Waals surface area contributed by atoms with Gasteiger partial charge in [0.25, 0.3) is 0 Å². The van der Waals surface area contributed by atoms with Gasteiger partial charge in [0.15, 0.2) is 0 Å². The summed E-state index contributed by atoms with van der Waals surface area (Å²) in [5, 5.41) is 0. The van der Waals surface area contributed by atoms with Gasteiger partial charge in [0.05, 0.1) is 11.1 Å². The summed E-state index contributed by atoms with van der Waals surface area (Å²) >= 11 is 0. The van der Waals surface area contributed by atoms with Gasteiger partial charge in [-0.3, -0.25) is 0 Å². The summed E-state index contributed by atoms with van der Waals surface area (Å²) in [6.45, 7) is 14.7. The summed E-state index contributed by atoms with van der Waals surface area (Å²) in [7, 11) is 0. The summed E-state index contributed by atoms with van der Waals surface area (Å²) in [5.41, 5.74) is 28.3. The number of anilines is 3. The van der Waals surface area contributed by atoms with Crippen LogP contribution >= 0.6 is 0 Å². The predicted molar refractivity (Wildman–Crippen MR) is 272 cm³/mol. The molecule has 8 aromatic rings. The molecule has 8 aromatic carbocycles. The first-order valence-electron chi connectivity index (χ1n) is 24.3. The van der Waals surface area contributed by atoms with Crippen LogP contribution in [0.4, 0.5) is 17.1 Å². The van der Waals surface area contributed by atoms with Gasteiger partial charge in [0.2, 0.25) is 0 Å². The van der Waals surface area contributed by atoms with E-state index in [1.807, 2.05) is 0 Å². The highest BCUT2D eigenvalue weighted by atomic mass is 15.1. The maximum Gasteiger partial charge on any atom is 0.0726 e. The van der Waals surface area contributed by atoms with Crippen molar-refractivity contribution in [1.29, 1.82) is 0 Å². The maximum atomic E-state index is 2.68. The summed E-state index contributed by atoms with van der Waals surface area (Å²) in [6.07, 6.45) is 7.09. The van der Waals surface area contributed by atoms with Crippen LogP contribution in [0, 0.1) is 0 Å². The number of benzene rings is 8. The van der Waals surface area contributed by atoms with Gasteiger partial charge >= 0.3 is 0 Å². The smallest absolute Gasteiger partial charge is 0.0726 e. The van der Waals surface area contributed by atoms with Crippen molar-refractivity contribution in [2.24, 2.45) is 0 Å². The van der Waals surface area contributed by atoms with Crippen molar-refractivity contribution >= 4 is 17.1 Å². The second kappa shape index (κ2) is 13.6. The standard InChI is InChI=1S/C64H57N/c1-61(2)34-35-62(3,4)59-37-42(31-33-56(59)61)65(41-30-32-49-45-21-9-13-26-52(45)63(5,6)57(49)36-41)60-39-58-50(38-51(60)44-25-17-19-40-18-7-8-20-43(40)44)48-24-12-16-29-55(48)64(58)53-27-14-10-22-46(53)47-23-11-15-28-54(47)64/h9-17,19,21-33,36-39H,7-8,18,20,34-35H2,1-6H3. The number of hydrogen-bond donors (Lipinski definition) is 0. The van der Waals surface area contributed by atoms with E-state index in [-0.39, 0.29) is 16.2 Å². The van der Waals surface area contributed by atoms with E-state index in [0.717, 1.165) is 12.8 Å². The second-order valence-corrected chi connectivity index (χ2v) is 21.7. The van der Waals surface area contributed by atoms with Gasteiger partial charge in [-0.25, -0.2) is 0 Å². The van der Waals surface area contributed by atoms with Gasteiger partial charge in [-0.2, -0.15) is 0 Å². The number of rotatable bonds is 4. The minimum atomic E-state index is -0.461. The van der Waals surface area contributed by atoms with E-state index >= 15 is 0 Å². The fourth-order valence-corrected chi connectivity index (χ4v) is 13.5. The van der Waals surface area contributed by atoms with E-state index < -0.39 is 5.41 Å². The largest absolute Gasteiger partial charge is 0.310 e. The Bertz CT molecular complexity index is 3270. The number of nitrogens with zero attached hydrogens (tertiary/aromatic N) is 1. The van der Waals surface area contributed by atoms with Crippen LogP contribution in [0.5, 0.6) is 0 Å². The van der Waals surface area contributed by atoms with E-state index in [1.165, 1.54) is 143 Å². The predicted octanol–water partition coefficient (Wildman–Crippen LogP) is 16.7. The van der Waals surface area contributed by atoms with Crippen molar-refractivity contribution in [3.63, 3.8) is 0 Å². The van der Waals surface area contributed by atoms with Crippen LogP contribution in [-0.4, -0.2) is 0 Å². The third-order valence-corrected chi connectivity index (χ3v) is 17.0. The monoisotopic (exact) mass is 839 g/mol. The van der Waals surface area contributed by atoms with Crippen molar-refractivity contribution < 1.29 is 0 Å². The van der Waals surface area contributed by atoms with Crippen LogP contribution in [0.3, 0.4) is 0 Å².